The fourth-order valence-corrected chi connectivity index (χ4v) is 1.52. The zero-order valence-electron chi connectivity index (χ0n) is 9.78. The number of hydrogen-bond acceptors (Lipinski definition) is 3. The van der Waals surface area contributed by atoms with Gasteiger partial charge in [-0.15, -0.1) is 12.4 Å². The second-order valence-corrected chi connectivity index (χ2v) is 4.01. The van der Waals surface area contributed by atoms with E-state index in [-0.39, 0.29) is 36.8 Å². The van der Waals surface area contributed by atoms with Crippen LogP contribution in [0.15, 0.2) is 0 Å². The summed E-state index contributed by atoms with van der Waals surface area (Å²) in [6, 6.07) is -0.117. The quantitative estimate of drug-likeness (QED) is 0.726. The molecule has 1 rings (SSSR count). The van der Waals surface area contributed by atoms with Gasteiger partial charge in [0.1, 0.15) is 0 Å². The Morgan fingerprint density at radius 3 is 2.56 bits per heavy atom. The topological polar surface area (TPSA) is 61.4 Å². The van der Waals surface area contributed by atoms with Gasteiger partial charge in [-0.1, -0.05) is 6.42 Å². The lowest BCUT2D eigenvalue weighted by molar-refractivity contribution is -0.131. The number of amides is 2. The number of likely N-dealkylation sites (N-methyl/N-ethyl adjacent to an activating group) is 1. The van der Waals surface area contributed by atoms with Gasteiger partial charge in [-0.3, -0.25) is 9.59 Å². The van der Waals surface area contributed by atoms with E-state index in [2.05, 4.69) is 10.6 Å². The first-order valence-electron chi connectivity index (χ1n) is 5.32. The third kappa shape index (κ3) is 4.81. The van der Waals surface area contributed by atoms with Gasteiger partial charge in [0.25, 0.3) is 0 Å². The number of halogens is 1. The lowest BCUT2D eigenvalue weighted by Gasteiger charge is -2.22. The first kappa shape index (κ1) is 15.2. The number of carbonyl (C=O) groups excluding carboxylic acids is 2. The summed E-state index contributed by atoms with van der Waals surface area (Å²) in [4.78, 5) is 24.3. The minimum atomic E-state index is -0.117. The monoisotopic (exact) mass is 249 g/mol. The maximum atomic E-state index is 11.6. The highest BCUT2D eigenvalue weighted by molar-refractivity contribution is 5.87. The van der Waals surface area contributed by atoms with Crippen LogP contribution < -0.4 is 10.6 Å². The summed E-state index contributed by atoms with van der Waals surface area (Å²) in [5, 5.41) is 5.78. The average Bonchev–Trinajstić information content (AvgIpc) is 2.26. The third-order valence-electron chi connectivity index (χ3n) is 2.54. The number of carbonyl (C=O) groups is 2. The molecule has 1 atom stereocenters. The molecule has 0 aromatic rings. The van der Waals surface area contributed by atoms with Gasteiger partial charge in [-0.05, 0) is 19.4 Å². The molecule has 6 heteroatoms. The smallest absolute Gasteiger partial charge is 0.241 e. The fourth-order valence-electron chi connectivity index (χ4n) is 1.52. The Bertz CT molecular complexity index is 240. The van der Waals surface area contributed by atoms with Crippen molar-refractivity contribution in [3.63, 3.8) is 0 Å². The molecule has 0 radical (unpaired) electrons. The van der Waals surface area contributed by atoms with Gasteiger partial charge in [0.2, 0.25) is 11.8 Å². The summed E-state index contributed by atoms with van der Waals surface area (Å²) in [5.41, 5.74) is 0. The second-order valence-electron chi connectivity index (χ2n) is 4.01. The highest BCUT2D eigenvalue weighted by Gasteiger charge is 2.20. The summed E-state index contributed by atoms with van der Waals surface area (Å²) >= 11 is 0. The van der Waals surface area contributed by atoms with Crippen LogP contribution in [-0.4, -0.2) is 49.9 Å². The van der Waals surface area contributed by atoms with Crippen LogP contribution in [0.25, 0.3) is 0 Å². The molecular formula is C10H20ClN3O2. The van der Waals surface area contributed by atoms with E-state index < -0.39 is 0 Å². The summed E-state index contributed by atoms with van der Waals surface area (Å²) in [6.07, 6.45) is 3.06. The van der Waals surface area contributed by atoms with Crippen molar-refractivity contribution in [1.82, 2.24) is 15.5 Å². The summed E-state index contributed by atoms with van der Waals surface area (Å²) in [7, 11) is 3.35. The van der Waals surface area contributed by atoms with E-state index in [1.807, 2.05) is 0 Å². The van der Waals surface area contributed by atoms with Gasteiger partial charge in [-0.2, -0.15) is 0 Å². The minimum Gasteiger partial charge on any atom is -0.347 e. The maximum absolute atomic E-state index is 11.6. The first-order valence-corrected chi connectivity index (χ1v) is 5.32. The van der Waals surface area contributed by atoms with Crippen LogP contribution in [-0.2, 0) is 9.59 Å². The van der Waals surface area contributed by atoms with Crippen molar-refractivity contribution in [3.05, 3.63) is 0 Å². The summed E-state index contributed by atoms with van der Waals surface area (Å²) in [6.45, 7) is 0.976. The van der Waals surface area contributed by atoms with Gasteiger partial charge in [0, 0.05) is 14.1 Å². The largest absolute Gasteiger partial charge is 0.347 e. The average molecular weight is 250 g/mol. The van der Waals surface area contributed by atoms with Crippen molar-refractivity contribution < 1.29 is 9.59 Å². The van der Waals surface area contributed by atoms with Crippen LogP contribution in [0.4, 0.5) is 0 Å². The number of nitrogens with zero attached hydrogens (tertiary/aromatic N) is 1. The molecule has 2 amide bonds. The molecule has 5 nitrogen and oxygen atoms in total. The highest BCUT2D eigenvalue weighted by Crippen LogP contribution is 2.06. The van der Waals surface area contributed by atoms with Crippen LogP contribution in [0, 0.1) is 0 Å². The van der Waals surface area contributed by atoms with E-state index in [4.69, 9.17) is 0 Å². The van der Waals surface area contributed by atoms with Crippen molar-refractivity contribution in [3.8, 4) is 0 Å². The summed E-state index contributed by atoms with van der Waals surface area (Å²) < 4.78 is 0. The van der Waals surface area contributed by atoms with Gasteiger partial charge in [0.05, 0.1) is 12.6 Å². The zero-order chi connectivity index (χ0) is 11.3. The van der Waals surface area contributed by atoms with Gasteiger partial charge in [-0.25, -0.2) is 0 Å². The van der Waals surface area contributed by atoms with E-state index in [1.54, 1.807) is 14.1 Å². The molecule has 0 saturated carbocycles. The van der Waals surface area contributed by atoms with E-state index >= 15 is 0 Å². The van der Waals surface area contributed by atoms with Crippen LogP contribution in [0.5, 0.6) is 0 Å². The van der Waals surface area contributed by atoms with Gasteiger partial charge < -0.3 is 15.5 Å². The van der Waals surface area contributed by atoms with Crippen molar-refractivity contribution >= 4 is 24.2 Å². The molecule has 0 bridgehead atoms. The molecule has 94 valence electrons. The molecule has 1 fully saturated rings. The predicted molar refractivity (Wildman–Crippen MR) is 64.6 cm³/mol. The van der Waals surface area contributed by atoms with Crippen LogP contribution in [0.1, 0.15) is 19.3 Å². The molecule has 16 heavy (non-hydrogen) atoms. The van der Waals surface area contributed by atoms with E-state index in [1.165, 1.54) is 4.90 Å². The van der Waals surface area contributed by atoms with Crippen molar-refractivity contribution in [1.29, 1.82) is 0 Å². The van der Waals surface area contributed by atoms with E-state index in [0.29, 0.717) is 0 Å². The lowest BCUT2D eigenvalue weighted by Crippen LogP contribution is -2.48. The predicted octanol–water partition coefficient (Wildman–Crippen LogP) is -0.245. The van der Waals surface area contributed by atoms with E-state index in [9.17, 15) is 9.59 Å². The van der Waals surface area contributed by atoms with Crippen molar-refractivity contribution in [2.24, 2.45) is 0 Å². The molecule has 1 aliphatic rings. The first-order chi connectivity index (χ1) is 7.11. The Balaban J connectivity index is 0.00000225. The molecule has 1 saturated heterocycles. The molecule has 1 heterocycles. The Morgan fingerprint density at radius 2 is 2.06 bits per heavy atom. The van der Waals surface area contributed by atoms with Crippen LogP contribution >= 0.6 is 12.4 Å². The summed E-state index contributed by atoms with van der Waals surface area (Å²) in [5.74, 6) is -0.149. The molecule has 0 aliphatic carbocycles. The van der Waals surface area contributed by atoms with Crippen LogP contribution in [0.3, 0.4) is 0 Å². The van der Waals surface area contributed by atoms with E-state index in [0.717, 1.165) is 25.8 Å². The molecule has 2 N–H and O–H groups in total. The van der Waals surface area contributed by atoms with Gasteiger partial charge in [0.15, 0.2) is 0 Å². The van der Waals surface area contributed by atoms with Gasteiger partial charge >= 0.3 is 0 Å². The maximum Gasteiger partial charge on any atom is 0.241 e. The van der Waals surface area contributed by atoms with Crippen molar-refractivity contribution in [2.75, 3.05) is 27.2 Å². The highest BCUT2D eigenvalue weighted by atomic mass is 35.5. The zero-order valence-corrected chi connectivity index (χ0v) is 10.6. The SMILES string of the molecule is CN(C)C(=O)CNC(=O)[C@H]1CCCCN1.Cl. The standard InChI is InChI=1S/C10H19N3O2.ClH/c1-13(2)9(14)7-12-10(15)8-5-3-4-6-11-8;/h8,11H,3-7H2,1-2H3,(H,12,15);1H/t8-;/m1./s1. The molecule has 0 aromatic heterocycles. The molecule has 0 aromatic carbocycles. The van der Waals surface area contributed by atoms with Crippen LogP contribution in [0.2, 0.25) is 0 Å². The third-order valence-corrected chi connectivity index (χ3v) is 2.54. The Morgan fingerprint density at radius 1 is 1.38 bits per heavy atom. The molecule has 0 spiro atoms. The second kappa shape index (κ2) is 7.46. The normalized spacial score (nSPS) is 19.5. The minimum absolute atomic E-state index is 0. The number of piperidine rings is 1. The fraction of sp³-hybridized carbons (Fsp3) is 0.800. The number of rotatable bonds is 3. The molecular weight excluding hydrogens is 230 g/mol. The molecule has 0 unspecified atom stereocenters. The lowest BCUT2D eigenvalue weighted by atomic mass is 10.0. The number of hydrogen-bond donors (Lipinski definition) is 2. The van der Waals surface area contributed by atoms with Crippen molar-refractivity contribution in [2.45, 2.75) is 25.3 Å². The number of nitrogens with one attached hydrogen (secondary N) is 2. The Kier molecular flexibility index (Phi) is 7.08. The Labute approximate surface area is 102 Å². The Hall–Kier alpha value is -0.810. The molecule has 1 aliphatic heterocycles.